The predicted octanol–water partition coefficient (Wildman–Crippen LogP) is 0.875. The largest absolute Gasteiger partial charge is 0.324 e. The Bertz CT molecular complexity index is 579. The molecule has 0 aliphatic heterocycles. The second kappa shape index (κ2) is 5.76. The predicted molar refractivity (Wildman–Crippen MR) is 69.4 cm³/mol. The van der Waals surface area contributed by atoms with E-state index in [0.717, 1.165) is 5.69 Å². The zero-order valence-electron chi connectivity index (χ0n) is 10.3. The van der Waals surface area contributed by atoms with Crippen molar-refractivity contribution in [1.29, 1.82) is 0 Å². The number of nitrogens with one attached hydrogen (secondary N) is 2. The summed E-state index contributed by atoms with van der Waals surface area (Å²) in [7, 11) is 0. The summed E-state index contributed by atoms with van der Waals surface area (Å²) in [6, 6.07) is 9.12. The van der Waals surface area contributed by atoms with Crippen LogP contribution in [0.5, 0.6) is 0 Å². The summed E-state index contributed by atoms with van der Waals surface area (Å²) < 4.78 is 1.35. The van der Waals surface area contributed by atoms with Crippen LogP contribution in [0.1, 0.15) is 6.92 Å². The highest BCUT2D eigenvalue weighted by Gasteiger charge is 2.06. The molecule has 2 amide bonds. The first-order valence-corrected chi connectivity index (χ1v) is 5.66. The fourth-order valence-corrected chi connectivity index (χ4v) is 1.48. The van der Waals surface area contributed by atoms with Crippen molar-refractivity contribution in [2.75, 3.05) is 10.6 Å². The lowest BCUT2D eigenvalue weighted by atomic mass is 10.3. The lowest BCUT2D eigenvalue weighted by molar-refractivity contribution is -0.117. The first-order chi connectivity index (χ1) is 9.13. The van der Waals surface area contributed by atoms with Crippen molar-refractivity contribution in [1.82, 2.24) is 15.0 Å². The molecule has 0 aliphatic rings. The fourth-order valence-electron chi connectivity index (χ4n) is 1.48. The first-order valence-electron chi connectivity index (χ1n) is 5.66. The maximum absolute atomic E-state index is 11.7. The van der Waals surface area contributed by atoms with Gasteiger partial charge in [-0.3, -0.25) is 9.59 Å². The van der Waals surface area contributed by atoms with Crippen LogP contribution in [0.4, 0.5) is 11.5 Å². The second-order valence-corrected chi connectivity index (χ2v) is 3.90. The van der Waals surface area contributed by atoms with E-state index >= 15 is 0 Å². The summed E-state index contributed by atoms with van der Waals surface area (Å²) in [4.78, 5) is 22.5. The minimum Gasteiger partial charge on any atom is -0.324 e. The van der Waals surface area contributed by atoms with Crippen molar-refractivity contribution in [3.05, 3.63) is 36.5 Å². The maximum atomic E-state index is 11.7. The Hall–Kier alpha value is -2.70. The number of anilines is 2. The normalized spacial score (nSPS) is 9.95. The molecule has 1 heterocycles. The number of hydrogen-bond acceptors (Lipinski definition) is 4. The van der Waals surface area contributed by atoms with E-state index in [1.807, 2.05) is 18.2 Å². The molecular formula is C12H13N5O2. The van der Waals surface area contributed by atoms with E-state index in [4.69, 9.17) is 0 Å². The van der Waals surface area contributed by atoms with Crippen molar-refractivity contribution >= 4 is 23.3 Å². The van der Waals surface area contributed by atoms with E-state index in [1.165, 1.54) is 17.8 Å². The van der Waals surface area contributed by atoms with Crippen LogP contribution in [-0.2, 0) is 16.1 Å². The summed E-state index contributed by atoms with van der Waals surface area (Å²) in [6.07, 6.45) is 1.49. The standard InChI is InChI=1S/C12H13N5O2/c1-9(18)13-11-7-17(16-15-11)8-12(19)14-10-5-3-2-4-6-10/h2-7H,8H2,1H3,(H,13,18)(H,14,19). The molecule has 98 valence electrons. The Kier molecular flexibility index (Phi) is 3.87. The Labute approximate surface area is 109 Å². The van der Waals surface area contributed by atoms with Crippen LogP contribution < -0.4 is 10.6 Å². The van der Waals surface area contributed by atoms with Gasteiger partial charge in [0, 0.05) is 12.6 Å². The molecule has 0 bridgehead atoms. The van der Waals surface area contributed by atoms with Crippen LogP contribution in [-0.4, -0.2) is 26.8 Å². The quantitative estimate of drug-likeness (QED) is 0.852. The summed E-state index contributed by atoms with van der Waals surface area (Å²) in [5, 5.41) is 12.7. The average molecular weight is 259 g/mol. The Balaban J connectivity index is 1.92. The number of nitrogens with zero attached hydrogens (tertiary/aromatic N) is 3. The number of amides is 2. The van der Waals surface area contributed by atoms with Gasteiger partial charge in [0.2, 0.25) is 11.8 Å². The van der Waals surface area contributed by atoms with Gasteiger partial charge in [-0.05, 0) is 12.1 Å². The van der Waals surface area contributed by atoms with Gasteiger partial charge in [0.15, 0.2) is 5.82 Å². The zero-order valence-corrected chi connectivity index (χ0v) is 10.3. The van der Waals surface area contributed by atoms with Crippen molar-refractivity contribution in [2.24, 2.45) is 0 Å². The van der Waals surface area contributed by atoms with E-state index in [0.29, 0.717) is 5.82 Å². The smallest absolute Gasteiger partial charge is 0.246 e. The van der Waals surface area contributed by atoms with E-state index in [9.17, 15) is 9.59 Å². The number of benzene rings is 1. The highest BCUT2D eigenvalue weighted by Crippen LogP contribution is 2.05. The Morgan fingerprint density at radius 1 is 1.21 bits per heavy atom. The first kappa shape index (κ1) is 12.7. The molecule has 7 heteroatoms. The molecule has 0 fully saturated rings. The highest BCUT2D eigenvalue weighted by atomic mass is 16.2. The van der Waals surface area contributed by atoms with E-state index in [1.54, 1.807) is 12.1 Å². The van der Waals surface area contributed by atoms with E-state index in [2.05, 4.69) is 20.9 Å². The van der Waals surface area contributed by atoms with Crippen molar-refractivity contribution in [3.63, 3.8) is 0 Å². The van der Waals surface area contributed by atoms with Gasteiger partial charge in [-0.1, -0.05) is 23.4 Å². The third-order valence-electron chi connectivity index (χ3n) is 2.21. The molecule has 0 unspecified atom stereocenters. The van der Waals surface area contributed by atoms with Gasteiger partial charge >= 0.3 is 0 Å². The van der Waals surface area contributed by atoms with Gasteiger partial charge in [-0.15, -0.1) is 5.10 Å². The molecular weight excluding hydrogens is 246 g/mol. The molecule has 2 aromatic rings. The molecule has 0 atom stereocenters. The number of carbonyl (C=O) groups is 2. The molecule has 1 aromatic heterocycles. The zero-order chi connectivity index (χ0) is 13.7. The third-order valence-corrected chi connectivity index (χ3v) is 2.21. The average Bonchev–Trinajstić information content (AvgIpc) is 2.76. The van der Waals surface area contributed by atoms with Crippen molar-refractivity contribution in [2.45, 2.75) is 13.5 Å². The Morgan fingerprint density at radius 2 is 1.95 bits per heavy atom. The Morgan fingerprint density at radius 3 is 2.63 bits per heavy atom. The molecule has 0 aliphatic carbocycles. The minimum atomic E-state index is -0.235. The molecule has 7 nitrogen and oxygen atoms in total. The number of carbonyl (C=O) groups excluding carboxylic acids is 2. The molecule has 0 radical (unpaired) electrons. The molecule has 2 N–H and O–H groups in total. The van der Waals surface area contributed by atoms with Crippen LogP contribution in [0, 0.1) is 0 Å². The minimum absolute atomic E-state index is 0.0292. The van der Waals surface area contributed by atoms with Gasteiger partial charge < -0.3 is 10.6 Å². The monoisotopic (exact) mass is 259 g/mol. The van der Waals surface area contributed by atoms with Crippen LogP contribution >= 0.6 is 0 Å². The van der Waals surface area contributed by atoms with Crippen LogP contribution in [0.15, 0.2) is 36.5 Å². The molecule has 2 rings (SSSR count). The van der Waals surface area contributed by atoms with Gasteiger partial charge in [0.05, 0.1) is 6.20 Å². The van der Waals surface area contributed by atoms with Gasteiger partial charge in [-0.2, -0.15) is 0 Å². The van der Waals surface area contributed by atoms with Gasteiger partial charge in [0.25, 0.3) is 0 Å². The van der Waals surface area contributed by atoms with E-state index < -0.39 is 0 Å². The van der Waals surface area contributed by atoms with E-state index in [-0.39, 0.29) is 18.4 Å². The number of para-hydroxylation sites is 1. The van der Waals surface area contributed by atoms with Crippen LogP contribution in [0.25, 0.3) is 0 Å². The lowest BCUT2D eigenvalue weighted by Crippen LogP contribution is -2.19. The molecule has 0 saturated carbocycles. The highest BCUT2D eigenvalue weighted by molar-refractivity contribution is 5.90. The van der Waals surface area contributed by atoms with Gasteiger partial charge in [-0.25, -0.2) is 4.68 Å². The van der Waals surface area contributed by atoms with Crippen LogP contribution in [0.3, 0.4) is 0 Å². The van der Waals surface area contributed by atoms with Crippen LogP contribution in [0.2, 0.25) is 0 Å². The van der Waals surface area contributed by atoms with Crippen molar-refractivity contribution < 1.29 is 9.59 Å². The summed E-state index contributed by atoms with van der Waals surface area (Å²) in [5.41, 5.74) is 0.717. The summed E-state index contributed by atoms with van der Waals surface area (Å²) >= 11 is 0. The summed E-state index contributed by atoms with van der Waals surface area (Å²) in [5.74, 6) is -0.133. The summed E-state index contributed by atoms with van der Waals surface area (Å²) in [6.45, 7) is 1.41. The second-order valence-electron chi connectivity index (χ2n) is 3.90. The number of rotatable bonds is 4. The SMILES string of the molecule is CC(=O)Nc1cn(CC(=O)Nc2ccccc2)nn1. The van der Waals surface area contributed by atoms with Gasteiger partial charge in [0.1, 0.15) is 6.54 Å². The van der Waals surface area contributed by atoms with Crippen molar-refractivity contribution in [3.8, 4) is 0 Å². The molecule has 0 saturated heterocycles. The molecule has 0 spiro atoms. The molecule has 19 heavy (non-hydrogen) atoms. The fraction of sp³-hybridized carbons (Fsp3) is 0.167. The lowest BCUT2D eigenvalue weighted by Gasteiger charge is -2.04. The third kappa shape index (κ3) is 3.91. The number of aromatic nitrogens is 3. The number of hydrogen-bond donors (Lipinski definition) is 2. The molecule has 1 aromatic carbocycles. The topological polar surface area (TPSA) is 88.9 Å². The maximum Gasteiger partial charge on any atom is 0.246 e.